The van der Waals surface area contributed by atoms with E-state index in [2.05, 4.69) is 4.98 Å². The molecule has 1 unspecified atom stereocenters. The Balaban J connectivity index is 2.57. The van der Waals surface area contributed by atoms with Gasteiger partial charge in [0, 0.05) is 22.8 Å². The standard InChI is InChI=1S/C12H14N2O2/c1-2-8(12(15)16)10-6-14-11-5-7(13)3-4-9(10)11/h3-6,8,14H,2,13H2,1H3,(H,15,16). The van der Waals surface area contributed by atoms with E-state index in [1.54, 1.807) is 12.3 Å². The average Bonchev–Trinajstić information content (AvgIpc) is 2.62. The number of anilines is 1. The van der Waals surface area contributed by atoms with Gasteiger partial charge in [0.15, 0.2) is 0 Å². The van der Waals surface area contributed by atoms with Crippen molar-refractivity contribution in [2.45, 2.75) is 19.3 Å². The van der Waals surface area contributed by atoms with Gasteiger partial charge in [-0.15, -0.1) is 0 Å². The molecule has 4 nitrogen and oxygen atoms in total. The molecule has 0 aliphatic heterocycles. The van der Waals surface area contributed by atoms with Crippen LogP contribution in [0.15, 0.2) is 24.4 Å². The lowest BCUT2D eigenvalue weighted by molar-refractivity contribution is -0.138. The van der Waals surface area contributed by atoms with Gasteiger partial charge in [0.05, 0.1) is 5.92 Å². The molecule has 0 bridgehead atoms. The summed E-state index contributed by atoms with van der Waals surface area (Å²) in [6.45, 7) is 1.87. The second-order valence-corrected chi connectivity index (χ2v) is 3.85. The fourth-order valence-corrected chi connectivity index (χ4v) is 1.98. The molecule has 0 saturated heterocycles. The number of rotatable bonds is 3. The van der Waals surface area contributed by atoms with Gasteiger partial charge in [-0.2, -0.15) is 0 Å². The van der Waals surface area contributed by atoms with Crippen LogP contribution in [0.5, 0.6) is 0 Å². The number of aliphatic carboxylic acids is 1. The van der Waals surface area contributed by atoms with Gasteiger partial charge in [0.25, 0.3) is 0 Å². The minimum absolute atomic E-state index is 0.461. The van der Waals surface area contributed by atoms with Gasteiger partial charge in [0.1, 0.15) is 0 Å². The van der Waals surface area contributed by atoms with E-state index < -0.39 is 11.9 Å². The number of fused-ring (bicyclic) bond motifs is 1. The summed E-state index contributed by atoms with van der Waals surface area (Å²) in [5, 5.41) is 10.1. The molecule has 0 radical (unpaired) electrons. The Hall–Kier alpha value is -1.97. The number of nitrogen functional groups attached to an aromatic ring is 1. The Kier molecular flexibility index (Phi) is 2.56. The number of carboxylic acids is 1. The summed E-state index contributed by atoms with van der Waals surface area (Å²) < 4.78 is 0. The Morgan fingerprint density at radius 2 is 2.31 bits per heavy atom. The molecule has 84 valence electrons. The van der Waals surface area contributed by atoms with Gasteiger partial charge in [-0.05, 0) is 24.1 Å². The van der Waals surface area contributed by atoms with Crippen LogP contribution in [0.1, 0.15) is 24.8 Å². The topological polar surface area (TPSA) is 79.1 Å². The molecule has 1 atom stereocenters. The van der Waals surface area contributed by atoms with Crippen molar-refractivity contribution in [1.82, 2.24) is 4.98 Å². The van der Waals surface area contributed by atoms with Crippen molar-refractivity contribution in [1.29, 1.82) is 0 Å². The summed E-state index contributed by atoms with van der Waals surface area (Å²) in [4.78, 5) is 14.2. The lowest BCUT2D eigenvalue weighted by Crippen LogP contribution is -2.09. The molecular weight excluding hydrogens is 204 g/mol. The highest BCUT2D eigenvalue weighted by Crippen LogP contribution is 2.29. The second-order valence-electron chi connectivity index (χ2n) is 3.85. The summed E-state index contributed by atoms with van der Waals surface area (Å²) in [6.07, 6.45) is 2.33. The fourth-order valence-electron chi connectivity index (χ4n) is 1.98. The SMILES string of the molecule is CCC(C(=O)O)c1c[nH]c2cc(N)ccc12. The number of nitrogens with two attached hydrogens (primary N) is 1. The fraction of sp³-hybridized carbons (Fsp3) is 0.250. The first kappa shape index (κ1) is 10.5. The number of nitrogens with one attached hydrogen (secondary N) is 1. The molecule has 0 aliphatic rings. The van der Waals surface area contributed by atoms with Crippen molar-refractivity contribution < 1.29 is 9.90 Å². The number of H-pyrrole nitrogens is 1. The van der Waals surface area contributed by atoms with Gasteiger partial charge < -0.3 is 15.8 Å². The lowest BCUT2D eigenvalue weighted by atomic mass is 9.96. The summed E-state index contributed by atoms with van der Waals surface area (Å²) in [7, 11) is 0. The highest BCUT2D eigenvalue weighted by molar-refractivity contribution is 5.90. The summed E-state index contributed by atoms with van der Waals surface area (Å²) in [6, 6.07) is 5.46. The third-order valence-corrected chi connectivity index (χ3v) is 2.82. The molecular formula is C12H14N2O2. The van der Waals surface area contributed by atoms with Crippen molar-refractivity contribution in [3.05, 3.63) is 30.0 Å². The first-order valence-corrected chi connectivity index (χ1v) is 5.22. The normalized spacial score (nSPS) is 12.8. The zero-order valence-corrected chi connectivity index (χ0v) is 9.03. The van der Waals surface area contributed by atoms with Crippen LogP contribution in [0.4, 0.5) is 5.69 Å². The maximum atomic E-state index is 11.1. The second kappa shape index (κ2) is 3.89. The largest absolute Gasteiger partial charge is 0.481 e. The van der Waals surface area contributed by atoms with E-state index in [-0.39, 0.29) is 0 Å². The van der Waals surface area contributed by atoms with Crippen LogP contribution in [0.2, 0.25) is 0 Å². The molecule has 4 N–H and O–H groups in total. The van der Waals surface area contributed by atoms with E-state index in [4.69, 9.17) is 10.8 Å². The van der Waals surface area contributed by atoms with Gasteiger partial charge in [-0.3, -0.25) is 4.79 Å². The minimum atomic E-state index is -0.791. The highest BCUT2D eigenvalue weighted by atomic mass is 16.4. The predicted octanol–water partition coefficient (Wildman–Crippen LogP) is 2.33. The summed E-state index contributed by atoms with van der Waals surface area (Å²) >= 11 is 0. The molecule has 0 amide bonds. The van der Waals surface area contributed by atoms with Crippen molar-refractivity contribution in [3.63, 3.8) is 0 Å². The van der Waals surface area contributed by atoms with Crippen LogP contribution in [0.25, 0.3) is 10.9 Å². The number of benzene rings is 1. The number of aromatic amines is 1. The third kappa shape index (κ3) is 1.62. The van der Waals surface area contributed by atoms with E-state index >= 15 is 0 Å². The van der Waals surface area contributed by atoms with Crippen LogP contribution in [0.3, 0.4) is 0 Å². The minimum Gasteiger partial charge on any atom is -0.481 e. The maximum absolute atomic E-state index is 11.1. The molecule has 1 heterocycles. The number of carbonyl (C=O) groups is 1. The van der Waals surface area contributed by atoms with Crippen LogP contribution >= 0.6 is 0 Å². The number of carboxylic acid groups (broad SMARTS) is 1. The first-order chi connectivity index (χ1) is 7.63. The van der Waals surface area contributed by atoms with Gasteiger partial charge in [0.2, 0.25) is 0 Å². The van der Waals surface area contributed by atoms with Gasteiger partial charge >= 0.3 is 5.97 Å². The Morgan fingerprint density at radius 3 is 2.94 bits per heavy atom. The molecule has 16 heavy (non-hydrogen) atoms. The third-order valence-electron chi connectivity index (χ3n) is 2.82. The van der Waals surface area contributed by atoms with Crippen LogP contribution in [0, 0.1) is 0 Å². The van der Waals surface area contributed by atoms with E-state index in [1.165, 1.54) is 0 Å². The van der Waals surface area contributed by atoms with Crippen molar-refractivity contribution in [3.8, 4) is 0 Å². The molecule has 0 saturated carbocycles. The van der Waals surface area contributed by atoms with E-state index in [0.717, 1.165) is 16.5 Å². The Labute approximate surface area is 93.1 Å². The molecule has 4 heteroatoms. The summed E-state index contributed by atoms with van der Waals surface area (Å²) in [5.41, 5.74) is 8.04. The van der Waals surface area contributed by atoms with Crippen LogP contribution in [-0.2, 0) is 4.79 Å². The Morgan fingerprint density at radius 1 is 1.56 bits per heavy atom. The van der Waals surface area contributed by atoms with Crippen LogP contribution in [-0.4, -0.2) is 16.1 Å². The summed E-state index contributed by atoms with van der Waals surface area (Å²) in [5.74, 6) is -1.25. The van der Waals surface area contributed by atoms with Crippen molar-refractivity contribution in [2.24, 2.45) is 0 Å². The number of hydrogen-bond acceptors (Lipinski definition) is 2. The first-order valence-electron chi connectivity index (χ1n) is 5.22. The Bertz CT molecular complexity index is 531. The molecule has 0 spiro atoms. The molecule has 1 aromatic carbocycles. The van der Waals surface area contributed by atoms with Gasteiger partial charge in [-0.1, -0.05) is 13.0 Å². The van der Waals surface area contributed by atoms with E-state index in [1.807, 2.05) is 19.1 Å². The number of hydrogen-bond donors (Lipinski definition) is 3. The lowest BCUT2D eigenvalue weighted by Gasteiger charge is -2.08. The zero-order valence-electron chi connectivity index (χ0n) is 9.03. The molecule has 1 aromatic heterocycles. The quantitative estimate of drug-likeness (QED) is 0.692. The average molecular weight is 218 g/mol. The molecule has 2 rings (SSSR count). The number of aromatic nitrogens is 1. The molecule has 0 fully saturated rings. The van der Waals surface area contributed by atoms with E-state index in [0.29, 0.717) is 12.1 Å². The highest BCUT2D eigenvalue weighted by Gasteiger charge is 2.20. The van der Waals surface area contributed by atoms with Crippen LogP contribution < -0.4 is 5.73 Å². The van der Waals surface area contributed by atoms with Gasteiger partial charge in [-0.25, -0.2) is 0 Å². The van der Waals surface area contributed by atoms with Crippen molar-refractivity contribution >= 4 is 22.6 Å². The molecule has 2 aromatic rings. The maximum Gasteiger partial charge on any atom is 0.311 e. The molecule has 0 aliphatic carbocycles. The van der Waals surface area contributed by atoms with Crippen molar-refractivity contribution in [2.75, 3.05) is 5.73 Å². The smallest absolute Gasteiger partial charge is 0.311 e. The zero-order chi connectivity index (χ0) is 11.7. The van der Waals surface area contributed by atoms with E-state index in [9.17, 15) is 4.79 Å². The monoisotopic (exact) mass is 218 g/mol. The predicted molar refractivity (Wildman–Crippen MR) is 63.4 cm³/mol.